The molecule has 0 aliphatic carbocycles. The van der Waals surface area contributed by atoms with Gasteiger partial charge in [-0.3, -0.25) is 0 Å². The molecule has 1 aliphatic rings. The van der Waals surface area contributed by atoms with E-state index in [0.717, 1.165) is 35.7 Å². The molecule has 2 rings (SSSR count). The molecule has 3 N–H and O–H groups in total. The topological polar surface area (TPSA) is 62.8 Å². The normalized spacial score (nSPS) is 12.4. The molecule has 0 saturated heterocycles. The molecule has 0 saturated carbocycles. The monoisotopic (exact) mass is 276 g/mol. The van der Waals surface area contributed by atoms with Crippen LogP contribution in [0.25, 0.3) is 0 Å². The Morgan fingerprint density at radius 1 is 1.25 bits per heavy atom. The summed E-state index contributed by atoms with van der Waals surface area (Å²) in [6, 6.07) is 1.68. The summed E-state index contributed by atoms with van der Waals surface area (Å²) in [5, 5.41) is 4.29. The van der Waals surface area contributed by atoms with Gasteiger partial charge < -0.3 is 11.1 Å². The SMILES string of the molecule is NCCCNc1c(Cl)cc(Cl)c2c1N=S=N2. The Labute approximate surface area is 107 Å². The summed E-state index contributed by atoms with van der Waals surface area (Å²) in [6.45, 7) is 1.39. The number of hydrogen-bond acceptors (Lipinski definition) is 4. The number of nitrogens with two attached hydrogens (primary N) is 1. The predicted molar refractivity (Wildman–Crippen MR) is 70.2 cm³/mol. The standard InChI is InChI=1S/C9H10Cl2N4S/c10-5-4-6(11)8-9(15-16-14-8)7(5)13-3-1-2-12/h4,13H,1-3,12H2. The highest BCUT2D eigenvalue weighted by Crippen LogP contribution is 2.47. The molecule has 1 heterocycles. The third-order valence-corrected chi connectivity index (χ3v) is 3.24. The Morgan fingerprint density at radius 2 is 2.00 bits per heavy atom. The summed E-state index contributed by atoms with van der Waals surface area (Å²) in [7, 11) is 0. The molecule has 1 aromatic carbocycles. The van der Waals surface area contributed by atoms with E-state index in [-0.39, 0.29) is 0 Å². The minimum atomic E-state index is 0.526. The second kappa shape index (κ2) is 5.14. The van der Waals surface area contributed by atoms with E-state index in [2.05, 4.69) is 14.0 Å². The maximum Gasteiger partial charge on any atom is 0.130 e. The van der Waals surface area contributed by atoms with Gasteiger partial charge in [-0.2, -0.15) is 8.73 Å². The van der Waals surface area contributed by atoms with Crippen LogP contribution in [0.3, 0.4) is 0 Å². The fourth-order valence-electron chi connectivity index (χ4n) is 1.36. The van der Waals surface area contributed by atoms with Gasteiger partial charge in [-0.1, -0.05) is 23.2 Å². The van der Waals surface area contributed by atoms with Crippen LogP contribution in [0.5, 0.6) is 0 Å². The fourth-order valence-corrected chi connectivity index (χ4v) is 2.54. The number of halogens is 2. The maximum atomic E-state index is 6.10. The highest BCUT2D eigenvalue weighted by atomic mass is 35.5. The van der Waals surface area contributed by atoms with Crippen LogP contribution in [0.2, 0.25) is 10.0 Å². The molecule has 0 bridgehead atoms. The minimum absolute atomic E-state index is 0.526. The molecule has 0 unspecified atom stereocenters. The first-order chi connectivity index (χ1) is 7.74. The van der Waals surface area contributed by atoms with Gasteiger partial charge >= 0.3 is 0 Å². The first-order valence-electron chi connectivity index (χ1n) is 4.78. The van der Waals surface area contributed by atoms with Gasteiger partial charge in [0.2, 0.25) is 0 Å². The van der Waals surface area contributed by atoms with E-state index in [1.54, 1.807) is 6.07 Å². The summed E-state index contributed by atoms with van der Waals surface area (Å²) < 4.78 is 8.31. The highest BCUT2D eigenvalue weighted by Gasteiger charge is 2.17. The van der Waals surface area contributed by atoms with E-state index < -0.39 is 0 Å². The van der Waals surface area contributed by atoms with E-state index in [1.165, 1.54) is 0 Å². The first-order valence-corrected chi connectivity index (χ1v) is 6.27. The Balaban J connectivity index is 2.31. The second-order valence-electron chi connectivity index (χ2n) is 3.25. The number of nitrogens with zero attached hydrogens (tertiary/aromatic N) is 2. The third-order valence-electron chi connectivity index (χ3n) is 2.13. The van der Waals surface area contributed by atoms with Crippen LogP contribution >= 0.6 is 23.2 Å². The molecule has 16 heavy (non-hydrogen) atoms. The Kier molecular flexibility index (Phi) is 3.81. The second-order valence-corrected chi connectivity index (χ2v) is 4.59. The van der Waals surface area contributed by atoms with Crippen molar-refractivity contribution < 1.29 is 0 Å². The molecule has 0 spiro atoms. The van der Waals surface area contributed by atoms with E-state index in [1.807, 2.05) is 0 Å². The van der Waals surface area contributed by atoms with Gasteiger partial charge in [0.1, 0.15) is 11.4 Å². The highest BCUT2D eigenvalue weighted by molar-refractivity contribution is 7.58. The largest absolute Gasteiger partial charge is 0.382 e. The van der Waals surface area contributed by atoms with Gasteiger partial charge in [0.15, 0.2) is 0 Å². The van der Waals surface area contributed by atoms with Crippen LogP contribution in [0, 0.1) is 0 Å². The van der Waals surface area contributed by atoms with Crippen molar-refractivity contribution in [1.29, 1.82) is 0 Å². The molecule has 4 nitrogen and oxygen atoms in total. The molecule has 0 amide bonds. The van der Waals surface area contributed by atoms with E-state index in [0.29, 0.717) is 22.3 Å². The smallest absolute Gasteiger partial charge is 0.130 e. The van der Waals surface area contributed by atoms with Crippen molar-refractivity contribution in [3.63, 3.8) is 0 Å². The number of rotatable bonds is 4. The van der Waals surface area contributed by atoms with E-state index >= 15 is 0 Å². The number of hydrogen-bond donors (Lipinski definition) is 2. The summed E-state index contributed by atoms with van der Waals surface area (Å²) in [4.78, 5) is 0. The van der Waals surface area contributed by atoms with Crippen molar-refractivity contribution in [1.82, 2.24) is 0 Å². The lowest BCUT2D eigenvalue weighted by molar-refractivity contribution is 0.874. The van der Waals surface area contributed by atoms with Gasteiger partial charge in [0, 0.05) is 6.54 Å². The van der Waals surface area contributed by atoms with Crippen LogP contribution in [0.1, 0.15) is 6.42 Å². The molecule has 0 fully saturated rings. The van der Waals surface area contributed by atoms with E-state index in [9.17, 15) is 0 Å². The maximum absolute atomic E-state index is 6.10. The van der Waals surface area contributed by atoms with Crippen molar-refractivity contribution >= 4 is 51.6 Å². The van der Waals surface area contributed by atoms with Crippen molar-refractivity contribution in [2.75, 3.05) is 18.4 Å². The Morgan fingerprint density at radius 3 is 2.75 bits per heavy atom. The van der Waals surface area contributed by atoms with Crippen molar-refractivity contribution in [3.05, 3.63) is 16.1 Å². The van der Waals surface area contributed by atoms with Crippen LogP contribution in [-0.2, 0) is 11.4 Å². The molecule has 7 heteroatoms. The summed E-state index contributed by atoms with van der Waals surface area (Å²) in [6.07, 6.45) is 0.873. The Bertz CT molecular complexity index is 483. The van der Waals surface area contributed by atoms with Gasteiger partial charge in [-0.25, -0.2) is 0 Å². The summed E-state index contributed by atoms with van der Waals surface area (Å²) in [5.74, 6) is 0. The van der Waals surface area contributed by atoms with Crippen LogP contribution < -0.4 is 11.1 Å². The lowest BCUT2D eigenvalue weighted by atomic mass is 10.2. The van der Waals surface area contributed by atoms with Crippen LogP contribution in [-0.4, -0.2) is 13.1 Å². The quantitative estimate of drug-likeness (QED) is 0.840. The average Bonchev–Trinajstić information content (AvgIpc) is 2.72. The van der Waals surface area contributed by atoms with Gasteiger partial charge in [-0.05, 0) is 19.0 Å². The number of fused-ring (bicyclic) bond motifs is 1. The third kappa shape index (κ3) is 2.22. The molecule has 1 aromatic rings. The predicted octanol–water partition coefficient (Wildman–Crippen LogP) is 3.48. The molecule has 0 atom stereocenters. The summed E-state index contributed by atoms with van der Waals surface area (Å²) in [5.41, 5.74) is 7.62. The van der Waals surface area contributed by atoms with E-state index in [4.69, 9.17) is 28.9 Å². The zero-order valence-electron chi connectivity index (χ0n) is 8.33. The Hall–Kier alpha value is -0.620. The van der Waals surface area contributed by atoms with Gasteiger partial charge in [0.05, 0.1) is 27.1 Å². The lowest BCUT2D eigenvalue weighted by Crippen LogP contribution is -2.08. The molecular weight excluding hydrogens is 267 g/mol. The lowest BCUT2D eigenvalue weighted by Gasteiger charge is -2.11. The average molecular weight is 277 g/mol. The van der Waals surface area contributed by atoms with Gasteiger partial charge in [-0.15, -0.1) is 0 Å². The minimum Gasteiger partial charge on any atom is -0.382 e. The summed E-state index contributed by atoms with van der Waals surface area (Å²) >= 11 is 13.2. The van der Waals surface area contributed by atoms with Crippen molar-refractivity contribution in [3.8, 4) is 0 Å². The number of benzene rings is 1. The molecule has 0 aromatic heterocycles. The molecule has 1 aliphatic heterocycles. The molecule has 86 valence electrons. The van der Waals surface area contributed by atoms with Crippen molar-refractivity contribution in [2.24, 2.45) is 14.5 Å². The number of nitrogens with one attached hydrogen (secondary N) is 1. The number of anilines is 1. The van der Waals surface area contributed by atoms with Crippen LogP contribution in [0.4, 0.5) is 17.1 Å². The molecular formula is C9H10Cl2N4S. The fraction of sp³-hybridized carbons (Fsp3) is 0.333. The van der Waals surface area contributed by atoms with Crippen LogP contribution in [0.15, 0.2) is 14.8 Å². The molecule has 0 radical (unpaired) electrons. The van der Waals surface area contributed by atoms with Crippen molar-refractivity contribution in [2.45, 2.75) is 6.42 Å². The zero-order valence-corrected chi connectivity index (χ0v) is 10.7. The van der Waals surface area contributed by atoms with Gasteiger partial charge in [0.25, 0.3) is 0 Å². The first kappa shape index (κ1) is 11.9. The zero-order chi connectivity index (χ0) is 11.5.